The zero-order valence-corrected chi connectivity index (χ0v) is 16.9. The Morgan fingerprint density at radius 2 is 1.84 bits per heavy atom. The molecule has 0 N–H and O–H groups in total. The Kier molecular flexibility index (Phi) is 5.05. The maximum atomic E-state index is 14.1. The second-order valence-corrected chi connectivity index (χ2v) is 7.26. The van der Waals surface area contributed by atoms with E-state index in [1.165, 1.54) is 23.1 Å². The largest absolute Gasteiger partial charge is 0.378 e. The molecule has 0 atom stereocenters. The van der Waals surface area contributed by atoms with Gasteiger partial charge in [-0.3, -0.25) is 4.79 Å². The Balaban J connectivity index is 1.55. The highest BCUT2D eigenvalue weighted by atomic mass is 19.1. The fourth-order valence-electron chi connectivity index (χ4n) is 3.70. The topological polar surface area (TPSA) is 96.9 Å². The molecule has 9 heteroatoms. The molecule has 4 aromatic rings. The highest BCUT2D eigenvalue weighted by Crippen LogP contribution is 2.25. The van der Waals surface area contributed by atoms with Crippen molar-refractivity contribution in [2.24, 2.45) is 0 Å². The molecule has 0 saturated carbocycles. The number of carbonyl (C=O) groups excluding carboxylic acids is 1. The fraction of sp³-hybridized carbons (Fsp3) is 0.174. The highest BCUT2D eigenvalue weighted by Gasteiger charge is 2.21. The van der Waals surface area contributed by atoms with E-state index in [1.54, 1.807) is 41.3 Å². The number of fused-ring (bicyclic) bond motifs is 1. The van der Waals surface area contributed by atoms with Gasteiger partial charge in [0.1, 0.15) is 11.9 Å². The van der Waals surface area contributed by atoms with Crippen molar-refractivity contribution >= 4 is 16.8 Å². The molecule has 8 nitrogen and oxygen atoms in total. The van der Waals surface area contributed by atoms with E-state index in [0.717, 1.165) is 0 Å². The quantitative estimate of drug-likeness (QED) is 0.498. The maximum Gasteiger partial charge on any atom is 0.254 e. The normalized spacial score (nSPS) is 13.8. The minimum Gasteiger partial charge on any atom is -0.378 e. The van der Waals surface area contributed by atoms with Gasteiger partial charge in [-0.25, -0.2) is 14.4 Å². The molecule has 1 fully saturated rings. The summed E-state index contributed by atoms with van der Waals surface area (Å²) < 4.78 is 20.8. The third kappa shape index (κ3) is 3.46. The molecule has 0 unspecified atom stereocenters. The number of nitrogens with zero attached hydrogens (tertiary/aromatic N) is 6. The number of morpholine rings is 1. The van der Waals surface area contributed by atoms with Crippen LogP contribution in [0.5, 0.6) is 0 Å². The molecular formula is C23H17FN6O2. The van der Waals surface area contributed by atoms with Gasteiger partial charge >= 0.3 is 0 Å². The van der Waals surface area contributed by atoms with Crippen molar-refractivity contribution < 1.29 is 13.9 Å². The molecular weight excluding hydrogens is 411 g/mol. The van der Waals surface area contributed by atoms with Crippen LogP contribution in [0.4, 0.5) is 4.39 Å². The van der Waals surface area contributed by atoms with Crippen molar-refractivity contribution in [1.82, 2.24) is 24.6 Å². The maximum absolute atomic E-state index is 14.1. The molecule has 158 valence electrons. The van der Waals surface area contributed by atoms with Gasteiger partial charge in [-0.05, 0) is 24.3 Å². The van der Waals surface area contributed by atoms with E-state index in [2.05, 4.69) is 21.1 Å². The van der Waals surface area contributed by atoms with Gasteiger partial charge in [-0.15, -0.1) is 0 Å². The first-order chi connectivity index (χ1) is 15.7. The SMILES string of the molecule is N#Cc1nn(-c2ncc(-c3ccccc3F)cn2)c2cc(C(=O)N3CCOCC3)ccc12. The van der Waals surface area contributed by atoms with Gasteiger partial charge in [0.2, 0.25) is 0 Å². The Hall–Kier alpha value is -4.16. The molecule has 2 aromatic carbocycles. The first-order valence-corrected chi connectivity index (χ1v) is 10.0. The van der Waals surface area contributed by atoms with E-state index in [1.807, 2.05) is 0 Å². The summed E-state index contributed by atoms with van der Waals surface area (Å²) in [4.78, 5) is 23.3. The highest BCUT2D eigenvalue weighted by molar-refractivity contribution is 5.99. The van der Waals surface area contributed by atoms with Crippen LogP contribution < -0.4 is 0 Å². The lowest BCUT2D eigenvalue weighted by molar-refractivity contribution is 0.0303. The summed E-state index contributed by atoms with van der Waals surface area (Å²) in [5, 5.41) is 14.4. The molecule has 1 aliphatic rings. The van der Waals surface area contributed by atoms with Gasteiger partial charge in [-0.1, -0.05) is 18.2 Å². The van der Waals surface area contributed by atoms with E-state index in [-0.39, 0.29) is 23.4 Å². The van der Waals surface area contributed by atoms with E-state index < -0.39 is 0 Å². The fourth-order valence-corrected chi connectivity index (χ4v) is 3.70. The number of ether oxygens (including phenoxy) is 1. The zero-order valence-electron chi connectivity index (χ0n) is 16.9. The number of benzene rings is 2. The molecule has 0 aliphatic carbocycles. The number of halogens is 1. The van der Waals surface area contributed by atoms with Crippen LogP contribution in [0.2, 0.25) is 0 Å². The Labute approximate surface area is 182 Å². The minimum atomic E-state index is -0.369. The number of rotatable bonds is 3. The van der Waals surface area contributed by atoms with E-state index >= 15 is 0 Å². The van der Waals surface area contributed by atoms with Gasteiger partial charge in [0.15, 0.2) is 5.69 Å². The van der Waals surface area contributed by atoms with Crippen LogP contribution in [0.3, 0.4) is 0 Å². The van der Waals surface area contributed by atoms with Crippen molar-refractivity contribution in [2.45, 2.75) is 0 Å². The molecule has 1 aliphatic heterocycles. The Morgan fingerprint density at radius 3 is 2.56 bits per heavy atom. The van der Waals surface area contributed by atoms with Crippen LogP contribution in [0.1, 0.15) is 16.1 Å². The number of nitriles is 1. The number of aromatic nitrogens is 4. The van der Waals surface area contributed by atoms with Crippen molar-refractivity contribution in [2.75, 3.05) is 26.3 Å². The predicted molar refractivity (Wildman–Crippen MR) is 113 cm³/mol. The Bertz CT molecular complexity index is 1350. The van der Waals surface area contributed by atoms with Gasteiger partial charge in [-0.2, -0.15) is 15.0 Å². The summed E-state index contributed by atoms with van der Waals surface area (Å²) in [7, 11) is 0. The summed E-state index contributed by atoms with van der Waals surface area (Å²) in [5.41, 5.74) is 2.13. The minimum absolute atomic E-state index is 0.114. The predicted octanol–water partition coefficient (Wildman–Crippen LogP) is 2.97. The van der Waals surface area contributed by atoms with Crippen LogP contribution >= 0.6 is 0 Å². The van der Waals surface area contributed by atoms with Gasteiger partial charge in [0, 0.05) is 47.6 Å². The average molecular weight is 428 g/mol. The smallest absolute Gasteiger partial charge is 0.254 e. The molecule has 32 heavy (non-hydrogen) atoms. The lowest BCUT2D eigenvalue weighted by Crippen LogP contribution is -2.40. The lowest BCUT2D eigenvalue weighted by atomic mass is 10.1. The van der Waals surface area contributed by atoms with Crippen LogP contribution in [-0.2, 0) is 4.74 Å². The third-order valence-electron chi connectivity index (χ3n) is 5.34. The van der Waals surface area contributed by atoms with Crippen molar-refractivity contribution in [3.8, 4) is 23.1 Å². The molecule has 1 amide bonds. The van der Waals surface area contributed by atoms with E-state index in [4.69, 9.17) is 4.74 Å². The number of hydrogen-bond donors (Lipinski definition) is 0. The average Bonchev–Trinajstić information content (AvgIpc) is 3.22. The number of carbonyl (C=O) groups is 1. The summed E-state index contributed by atoms with van der Waals surface area (Å²) in [6.07, 6.45) is 3.01. The zero-order chi connectivity index (χ0) is 22.1. The monoisotopic (exact) mass is 428 g/mol. The van der Waals surface area contributed by atoms with Gasteiger partial charge in [0.25, 0.3) is 11.9 Å². The van der Waals surface area contributed by atoms with E-state index in [0.29, 0.717) is 53.9 Å². The second-order valence-electron chi connectivity index (χ2n) is 7.26. The summed E-state index contributed by atoms with van der Waals surface area (Å²) in [6, 6.07) is 13.5. The summed E-state index contributed by atoms with van der Waals surface area (Å²) in [5.74, 6) is -0.267. The van der Waals surface area contributed by atoms with Crippen LogP contribution in [0.25, 0.3) is 28.0 Å². The van der Waals surface area contributed by atoms with Gasteiger partial charge in [0.05, 0.1) is 18.7 Å². The molecule has 0 spiro atoms. The van der Waals surface area contributed by atoms with Crippen molar-refractivity contribution in [1.29, 1.82) is 5.26 Å². The molecule has 3 heterocycles. The van der Waals surface area contributed by atoms with E-state index in [9.17, 15) is 14.4 Å². The molecule has 5 rings (SSSR count). The van der Waals surface area contributed by atoms with Crippen LogP contribution in [0.15, 0.2) is 54.9 Å². The first-order valence-electron chi connectivity index (χ1n) is 10.0. The number of hydrogen-bond acceptors (Lipinski definition) is 6. The van der Waals surface area contributed by atoms with Gasteiger partial charge < -0.3 is 9.64 Å². The number of amides is 1. The standard InChI is InChI=1S/C23H17FN6O2/c24-19-4-2-1-3-17(19)16-13-26-23(27-14-16)30-21-11-15(5-6-18(21)20(12-25)28-30)22(31)29-7-9-32-10-8-29/h1-6,11,13-14H,7-10H2. The molecule has 2 aromatic heterocycles. The third-order valence-corrected chi connectivity index (χ3v) is 5.34. The van der Waals surface area contributed by atoms with Crippen molar-refractivity contribution in [3.63, 3.8) is 0 Å². The van der Waals surface area contributed by atoms with Crippen LogP contribution in [0, 0.1) is 17.1 Å². The first kappa shape index (κ1) is 19.8. The molecule has 1 saturated heterocycles. The molecule has 0 radical (unpaired) electrons. The summed E-state index contributed by atoms with van der Waals surface area (Å²) >= 11 is 0. The van der Waals surface area contributed by atoms with Crippen molar-refractivity contribution in [3.05, 3.63) is 71.9 Å². The lowest BCUT2D eigenvalue weighted by Gasteiger charge is -2.26. The van der Waals surface area contributed by atoms with Crippen LogP contribution in [-0.4, -0.2) is 56.9 Å². The molecule has 0 bridgehead atoms. The summed E-state index contributed by atoms with van der Waals surface area (Å²) in [6.45, 7) is 2.07. The Morgan fingerprint density at radius 1 is 1.09 bits per heavy atom. The second kappa shape index (κ2) is 8.17.